The molecule has 0 saturated heterocycles. The number of hydrogen-bond acceptors (Lipinski definition) is 5. The van der Waals surface area contributed by atoms with Crippen LogP contribution in [-0.2, 0) is 0 Å². The molecule has 0 aliphatic heterocycles. The molecule has 0 amide bonds. The van der Waals surface area contributed by atoms with Gasteiger partial charge in [-0.3, -0.25) is 0 Å². The highest BCUT2D eigenvalue weighted by Gasteiger charge is 2.08. The molecule has 0 spiro atoms. The largest absolute Gasteiger partial charge is 0.336 e. The molecule has 0 atom stereocenters. The summed E-state index contributed by atoms with van der Waals surface area (Å²) < 4.78 is 40.1. The second kappa shape index (κ2) is 6.30. The van der Waals surface area contributed by atoms with Gasteiger partial charge in [0.05, 0.1) is 17.6 Å². The zero-order chi connectivity index (χ0) is 16.2. The highest BCUT2D eigenvalue weighted by molar-refractivity contribution is 5.59. The molecule has 0 aliphatic rings. The molecule has 3 rings (SSSR count). The average molecular weight is 317 g/mol. The number of hydrogen-bond donors (Lipinski definition) is 2. The zero-order valence-corrected chi connectivity index (χ0v) is 11.6. The molecule has 8 heteroatoms. The summed E-state index contributed by atoms with van der Waals surface area (Å²) in [5.74, 6) is -1.74. The Labute approximate surface area is 129 Å². The van der Waals surface area contributed by atoms with Crippen LogP contribution in [0.1, 0.15) is 0 Å². The number of nitrogens with one attached hydrogen (secondary N) is 2. The van der Waals surface area contributed by atoms with Gasteiger partial charge in [0.25, 0.3) is 0 Å². The maximum Gasteiger partial charge on any atom is 0.249 e. The third-order valence-electron chi connectivity index (χ3n) is 2.87. The summed E-state index contributed by atoms with van der Waals surface area (Å²) in [6, 6.07) is 9.09. The van der Waals surface area contributed by atoms with Crippen LogP contribution in [0.3, 0.4) is 0 Å². The van der Waals surface area contributed by atoms with Gasteiger partial charge in [-0.15, -0.1) is 5.10 Å². The zero-order valence-electron chi connectivity index (χ0n) is 11.6. The van der Waals surface area contributed by atoms with Gasteiger partial charge in [-0.25, -0.2) is 13.2 Å². The lowest BCUT2D eigenvalue weighted by Gasteiger charge is -2.08. The molecule has 0 radical (unpaired) electrons. The van der Waals surface area contributed by atoms with E-state index in [2.05, 4.69) is 25.8 Å². The highest BCUT2D eigenvalue weighted by Crippen LogP contribution is 2.20. The number of rotatable bonds is 4. The molecule has 2 aromatic carbocycles. The van der Waals surface area contributed by atoms with Crippen molar-refractivity contribution in [2.24, 2.45) is 0 Å². The fourth-order valence-electron chi connectivity index (χ4n) is 1.83. The molecule has 3 aromatic rings. The van der Waals surface area contributed by atoms with Gasteiger partial charge in [-0.2, -0.15) is 10.1 Å². The summed E-state index contributed by atoms with van der Waals surface area (Å²) in [5.41, 5.74) is 0.211. The number of para-hydroxylation sites is 1. The van der Waals surface area contributed by atoms with Gasteiger partial charge in [0.1, 0.15) is 17.5 Å². The van der Waals surface area contributed by atoms with E-state index in [0.717, 1.165) is 12.1 Å². The minimum absolute atomic E-state index is 0.00348. The first kappa shape index (κ1) is 14.8. The number of anilines is 4. The molecule has 0 aliphatic carbocycles. The number of nitrogens with zero attached hydrogens (tertiary/aromatic N) is 3. The average Bonchev–Trinajstić information content (AvgIpc) is 2.53. The highest BCUT2D eigenvalue weighted by atomic mass is 19.1. The van der Waals surface area contributed by atoms with Crippen LogP contribution < -0.4 is 10.6 Å². The van der Waals surface area contributed by atoms with Crippen LogP contribution >= 0.6 is 0 Å². The van der Waals surface area contributed by atoms with E-state index < -0.39 is 17.5 Å². The van der Waals surface area contributed by atoms with Crippen molar-refractivity contribution in [3.8, 4) is 0 Å². The minimum atomic E-state index is -0.791. The van der Waals surface area contributed by atoms with Gasteiger partial charge >= 0.3 is 0 Å². The van der Waals surface area contributed by atoms with Crippen molar-refractivity contribution in [1.82, 2.24) is 15.2 Å². The van der Waals surface area contributed by atoms with Crippen LogP contribution in [0.2, 0.25) is 0 Å². The van der Waals surface area contributed by atoms with Crippen molar-refractivity contribution in [2.45, 2.75) is 0 Å². The lowest BCUT2D eigenvalue weighted by molar-refractivity contribution is 0.586. The van der Waals surface area contributed by atoms with E-state index in [1.165, 1.54) is 24.4 Å². The van der Waals surface area contributed by atoms with E-state index in [0.29, 0.717) is 0 Å². The molecule has 23 heavy (non-hydrogen) atoms. The van der Waals surface area contributed by atoms with E-state index in [4.69, 9.17) is 0 Å². The maximum absolute atomic E-state index is 13.6. The number of benzene rings is 2. The first-order valence-corrected chi connectivity index (χ1v) is 6.55. The van der Waals surface area contributed by atoms with Crippen molar-refractivity contribution in [3.05, 3.63) is 66.1 Å². The predicted molar refractivity (Wildman–Crippen MR) is 79.2 cm³/mol. The van der Waals surface area contributed by atoms with Crippen LogP contribution in [0.15, 0.2) is 48.7 Å². The molecular weight excluding hydrogens is 307 g/mol. The van der Waals surface area contributed by atoms with E-state index in [9.17, 15) is 13.2 Å². The Hall–Kier alpha value is -3.16. The van der Waals surface area contributed by atoms with Gasteiger partial charge in [-0.05, 0) is 24.3 Å². The Kier molecular flexibility index (Phi) is 4.05. The summed E-state index contributed by atoms with van der Waals surface area (Å²) in [7, 11) is 0. The summed E-state index contributed by atoms with van der Waals surface area (Å²) in [5, 5.41) is 12.7. The normalized spacial score (nSPS) is 10.4. The van der Waals surface area contributed by atoms with Crippen molar-refractivity contribution >= 4 is 23.1 Å². The third-order valence-corrected chi connectivity index (χ3v) is 2.87. The lowest BCUT2D eigenvalue weighted by atomic mass is 10.3. The molecule has 0 fully saturated rings. The van der Waals surface area contributed by atoms with Crippen LogP contribution in [0, 0.1) is 17.5 Å². The Morgan fingerprint density at radius 1 is 0.826 bits per heavy atom. The monoisotopic (exact) mass is 317 g/mol. The Balaban J connectivity index is 1.81. The molecule has 0 saturated carbocycles. The predicted octanol–water partition coefficient (Wildman–Crippen LogP) is 3.78. The topological polar surface area (TPSA) is 62.7 Å². The Morgan fingerprint density at radius 2 is 1.61 bits per heavy atom. The van der Waals surface area contributed by atoms with Crippen molar-refractivity contribution in [3.63, 3.8) is 0 Å². The molecule has 5 nitrogen and oxygen atoms in total. The lowest BCUT2D eigenvalue weighted by Crippen LogP contribution is -2.04. The molecule has 116 valence electrons. The van der Waals surface area contributed by atoms with Gasteiger partial charge in [0.2, 0.25) is 5.95 Å². The summed E-state index contributed by atoms with van der Waals surface area (Å²) in [6.45, 7) is 0. The summed E-state index contributed by atoms with van der Waals surface area (Å²) >= 11 is 0. The van der Waals surface area contributed by atoms with Crippen LogP contribution in [-0.4, -0.2) is 15.2 Å². The SMILES string of the molecule is Fc1ccc(Nc2nncc(Nc3ccccc3F)n2)c(F)c1. The van der Waals surface area contributed by atoms with Gasteiger partial charge in [0, 0.05) is 6.07 Å². The Bertz CT molecular complexity index is 841. The van der Waals surface area contributed by atoms with Crippen molar-refractivity contribution in [1.29, 1.82) is 0 Å². The summed E-state index contributed by atoms with van der Waals surface area (Å²) in [6.07, 6.45) is 1.29. The smallest absolute Gasteiger partial charge is 0.249 e. The first-order chi connectivity index (χ1) is 11.1. The second-order valence-electron chi connectivity index (χ2n) is 4.52. The quantitative estimate of drug-likeness (QED) is 0.767. The Morgan fingerprint density at radius 3 is 2.39 bits per heavy atom. The molecular formula is C15H10F3N5. The van der Waals surface area contributed by atoms with Crippen LogP contribution in [0.5, 0.6) is 0 Å². The molecule has 1 heterocycles. The molecule has 0 bridgehead atoms. The second-order valence-corrected chi connectivity index (χ2v) is 4.52. The molecule has 0 unspecified atom stereocenters. The van der Waals surface area contributed by atoms with Crippen LogP contribution in [0.4, 0.5) is 36.3 Å². The number of aromatic nitrogens is 3. The third kappa shape index (κ3) is 3.54. The van der Waals surface area contributed by atoms with E-state index in [1.54, 1.807) is 12.1 Å². The van der Waals surface area contributed by atoms with E-state index >= 15 is 0 Å². The standard InChI is InChI=1S/C15H10F3N5/c16-9-5-6-13(11(18)7-9)21-15-22-14(8-19-23-15)20-12-4-2-1-3-10(12)17/h1-8H,(H2,20,21,22,23). The fraction of sp³-hybridized carbons (Fsp3) is 0. The van der Waals surface area contributed by atoms with Crippen LogP contribution in [0.25, 0.3) is 0 Å². The van der Waals surface area contributed by atoms with Gasteiger partial charge in [0.15, 0.2) is 5.82 Å². The summed E-state index contributed by atoms with van der Waals surface area (Å²) in [4.78, 5) is 4.05. The maximum atomic E-state index is 13.6. The molecule has 1 aromatic heterocycles. The fourth-order valence-corrected chi connectivity index (χ4v) is 1.83. The van der Waals surface area contributed by atoms with Gasteiger partial charge in [-0.1, -0.05) is 12.1 Å². The van der Waals surface area contributed by atoms with E-state index in [-0.39, 0.29) is 23.1 Å². The number of halogens is 3. The van der Waals surface area contributed by atoms with Gasteiger partial charge < -0.3 is 10.6 Å². The first-order valence-electron chi connectivity index (χ1n) is 6.55. The van der Waals surface area contributed by atoms with Crippen molar-refractivity contribution < 1.29 is 13.2 Å². The molecule has 2 N–H and O–H groups in total. The minimum Gasteiger partial charge on any atom is -0.336 e. The van der Waals surface area contributed by atoms with E-state index in [1.807, 2.05) is 0 Å². The van der Waals surface area contributed by atoms with Crippen molar-refractivity contribution in [2.75, 3.05) is 10.6 Å².